The lowest BCUT2D eigenvalue weighted by atomic mass is 9.84. The number of halogens is 4. The van der Waals surface area contributed by atoms with Crippen LogP contribution in [-0.4, -0.2) is 19.0 Å². The topological polar surface area (TPSA) is 41.1 Å². The van der Waals surface area contributed by atoms with Crippen molar-refractivity contribution in [1.29, 1.82) is 0 Å². The van der Waals surface area contributed by atoms with Crippen molar-refractivity contribution in [3.8, 4) is 0 Å². The van der Waals surface area contributed by atoms with E-state index in [1.165, 1.54) is 0 Å². The van der Waals surface area contributed by atoms with E-state index in [2.05, 4.69) is 10.6 Å². The Balaban J connectivity index is 1.97. The third-order valence-electron chi connectivity index (χ3n) is 4.25. The van der Waals surface area contributed by atoms with Crippen molar-refractivity contribution in [1.82, 2.24) is 5.32 Å². The number of anilines is 1. The Morgan fingerprint density at radius 1 is 1.35 bits per heavy atom. The number of alkyl halides is 3. The molecule has 2 N–H and O–H groups in total. The highest BCUT2D eigenvalue weighted by atomic mass is 19.4. The SMILES string of the molecule is CC(CC(=O)Nc1ccc(F)c(C(F)(F)F)c1)C1CCNCC1. The number of hydrogen-bond acceptors (Lipinski definition) is 2. The van der Waals surface area contributed by atoms with Gasteiger partial charge < -0.3 is 10.6 Å². The Kier molecular flexibility index (Phi) is 5.62. The van der Waals surface area contributed by atoms with Gasteiger partial charge in [-0.3, -0.25) is 4.79 Å². The highest BCUT2D eigenvalue weighted by Crippen LogP contribution is 2.33. The molecule has 1 saturated heterocycles. The lowest BCUT2D eigenvalue weighted by Gasteiger charge is -2.27. The molecule has 1 atom stereocenters. The van der Waals surface area contributed by atoms with Crippen LogP contribution in [0.25, 0.3) is 0 Å². The molecule has 1 aromatic carbocycles. The molecule has 0 spiro atoms. The number of hydrogen-bond donors (Lipinski definition) is 2. The van der Waals surface area contributed by atoms with Crippen LogP contribution in [0.4, 0.5) is 23.2 Å². The third-order valence-corrected chi connectivity index (χ3v) is 4.25. The van der Waals surface area contributed by atoms with Gasteiger partial charge in [-0.25, -0.2) is 4.39 Å². The van der Waals surface area contributed by atoms with Crippen molar-refractivity contribution < 1.29 is 22.4 Å². The number of benzene rings is 1. The first-order valence-corrected chi connectivity index (χ1v) is 7.64. The summed E-state index contributed by atoms with van der Waals surface area (Å²) in [6, 6.07) is 2.48. The smallest absolute Gasteiger partial charge is 0.326 e. The molecule has 0 bridgehead atoms. The summed E-state index contributed by atoms with van der Waals surface area (Å²) in [6.07, 6.45) is -2.57. The van der Waals surface area contributed by atoms with Crippen LogP contribution in [0.15, 0.2) is 18.2 Å². The first-order valence-electron chi connectivity index (χ1n) is 7.64. The molecule has 0 aliphatic carbocycles. The molecule has 2 rings (SSSR count). The Hall–Kier alpha value is -1.63. The third kappa shape index (κ3) is 4.92. The maximum Gasteiger partial charge on any atom is 0.419 e. The fourth-order valence-corrected chi connectivity index (χ4v) is 2.90. The summed E-state index contributed by atoms with van der Waals surface area (Å²) >= 11 is 0. The van der Waals surface area contributed by atoms with E-state index >= 15 is 0 Å². The Morgan fingerprint density at radius 3 is 2.61 bits per heavy atom. The van der Waals surface area contributed by atoms with Gasteiger partial charge in [0.2, 0.25) is 5.91 Å². The van der Waals surface area contributed by atoms with Crippen LogP contribution in [0, 0.1) is 17.7 Å². The van der Waals surface area contributed by atoms with Gasteiger partial charge in [-0.1, -0.05) is 6.92 Å². The fourth-order valence-electron chi connectivity index (χ4n) is 2.90. The second kappa shape index (κ2) is 7.29. The summed E-state index contributed by atoms with van der Waals surface area (Å²) < 4.78 is 51.2. The van der Waals surface area contributed by atoms with Crippen LogP contribution >= 0.6 is 0 Å². The summed E-state index contributed by atoms with van der Waals surface area (Å²) in [5, 5.41) is 5.68. The maximum absolute atomic E-state index is 13.2. The van der Waals surface area contributed by atoms with Crippen LogP contribution in [-0.2, 0) is 11.0 Å². The zero-order chi connectivity index (χ0) is 17.0. The molecule has 1 aliphatic rings. The van der Waals surface area contributed by atoms with E-state index in [1.54, 1.807) is 0 Å². The van der Waals surface area contributed by atoms with Crippen molar-refractivity contribution in [3.05, 3.63) is 29.6 Å². The average molecular weight is 332 g/mol. The Labute approximate surface area is 132 Å². The molecule has 1 aromatic rings. The van der Waals surface area contributed by atoms with E-state index in [4.69, 9.17) is 0 Å². The van der Waals surface area contributed by atoms with E-state index in [-0.39, 0.29) is 23.9 Å². The monoisotopic (exact) mass is 332 g/mol. The molecule has 0 radical (unpaired) electrons. The quantitative estimate of drug-likeness (QED) is 0.823. The van der Waals surface area contributed by atoms with E-state index in [0.29, 0.717) is 18.1 Å². The second-order valence-corrected chi connectivity index (χ2v) is 6.01. The van der Waals surface area contributed by atoms with Crippen LogP contribution in [0.1, 0.15) is 31.7 Å². The number of nitrogens with one attached hydrogen (secondary N) is 2. The standard InChI is InChI=1S/C16H20F4N2O/c1-10(11-4-6-21-7-5-11)8-15(23)22-12-2-3-14(17)13(9-12)16(18,19)20/h2-3,9-11,21H,4-8H2,1H3,(H,22,23). The Morgan fingerprint density at radius 2 is 2.00 bits per heavy atom. The highest BCUT2D eigenvalue weighted by Gasteiger charge is 2.34. The minimum atomic E-state index is -4.78. The Bertz CT molecular complexity index is 554. The highest BCUT2D eigenvalue weighted by molar-refractivity contribution is 5.90. The molecule has 0 saturated carbocycles. The maximum atomic E-state index is 13.2. The van der Waals surface area contributed by atoms with Crippen molar-refractivity contribution in [2.45, 2.75) is 32.4 Å². The fraction of sp³-hybridized carbons (Fsp3) is 0.562. The summed E-state index contributed by atoms with van der Waals surface area (Å²) in [5.74, 6) is -1.12. The number of piperidine rings is 1. The van der Waals surface area contributed by atoms with Gasteiger partial charge >= 0.3 is 6.18 Å². The first-order chi connectivity index (χ1) is 10.8. The number of amides is 1. The summed E-state index contributed by atoms with van der Waals surface area (Å²) in [4.78, 5) is 12.0. The summed E-state index contributed by atoms with van der Waals surface area (Å²) in [7, 11) is 0. The lowest BCUT2D eigenvalue weighted by Crippen LogP contribution is -2.32. The predicted molar refractivity (Wildman–Crippen MR) is 79.4 cm³/mol. The van der Waals surface area contributed by atoms with Gasteiger partial charge in [0.1, 0.15) is 5.82 Å². The van der Waals surface area contributed by atoms with Gasteiger partial charge in [0.05, 0.1) is 5.56 Å². The van der Waals surface area contributed by atoms with Crippen LogP contribution in [0.2, 0.25) is 0 Å². The van der Waals surface area contributed by atoms with Crippen molar-refractivity contribution in [2.75, 3.05) is 18.4 Å². The number of carbonyl (C=O) groups excluding carboxylic acids is 1. The van der Waals surface area contributed by atoms with Crippen LogP contribution in [0.5, 0.6) is 0 Å². The largest absolute Gasteiger partial charge is 0.419 e. The molecule has 3 nitrogen and oxygen atoms in total. The van der Waals surface area contributed by atoms with Crippen molar-refractivity contribution in [2.24, 2.45) is 11.8 Å². The molecule has 1 aliphatic heterocycles. The average Bonchev–Trinajstić information content (AvgIpc) is 2.49. The molecule has 0 aromatic heterocycles. The molecule has 1 fully saturated rings. The predicted octanol–water partition coefficient (Wildman–Crippen LogP) is 3.81. The first kappa shape index (κ1) is 17.7. The molecular weight excluding hydrogens is 312 g/mol. The summed E-state index contributed by atoms with van der Waals surface area (Å²) in [5.41, 5.74) is -1.41. The molecule has 23 heavy (non-hydrogen) atoms. The number of carbonyl (C=O) groups is 1. The van der Waals surface area contributed by atoms with E-state index in [0.717, 1.165) is 32.0 Å². The van der Waals surface area contributed by atoms with Crippen molar-refractivity contribution in [3.63, 3.8) is 0 Å². The van der Waals surface area contributed by atoms with Crippen LogP contribution < -0.4 is 10.6 Å². The molecule has 1 unspecified atom stereocenters. The van der Waals surface area contributed by atoms with Gasteiger partial charge in [-0.05, 0) is 56.0 Å². The minimum Gasteiger partial charge on any atom is -0.326 e. The van der Waals surface area contributed by atoms with Gasteiger partial charge in [0, 0.05) is 12.1 Å². The molecule has 1 heterocycles. The lowest BCUT2D eigenvalue weighted by molar-refractivity contribution is -0.140. The van der Waals surface area contributed by atoms with Crippen molar-refractivity contribution >= 4 is 11.6 Å². The zero-order valence-electron chi connectivity index (χ0n) is 12.8. The second-order valence-electron chi connectivity index (χ2n) is 6.01. The van der Waals surface area contributed by atoms with Gasteiger partial charge in [-0.2, -0.15) is 13.2 Å². The molecular formula is C16H20F4N2O. The van der Waals surface area contributed by atoms with E-state index < -0.39 is 17.6 Å². The van der Waals surface area contributed by atoms with E-state index in [1.807, 2.05) is 6.92 Å². The minimum absolute atomic E-state index is 0.0405. The van der Waals surface area contributed by atoms with Gasteiger partial charge in [0.25, 0.3) is 0 Å². The normalized spacial score (nSPS) is 17.8. The van der Waals surface area contributed by atoms with E-state index in [9.17, 15) is 22.4 Å². The van der Waals surface area contributed by atoms with Gasteiger partial charge in [-0.15, -0.1) is 0 Å². The van der Waals surface area contributed by atoms with Crippen LogP contribution in [0.3, 0.4) is 0 Å². The zero-order valence-corrected chi connectivity index (χ0v) is 12.8. The van der Waals surface area contributed by atoms with Gasteiger partial charge in [0.15, 0.2) is 0 Å². The summed E-state index contributed by atoms with van der Waals surface area (Å²) in [6.45, 7) is 3.81. The molecule has 128 valence electrons. The molecule has 1 amide bonds. The molecule has 7 heteroatoms. The number of rotatable bonds is 4.